The summed E-state index contributed by atoms with van der Waals surface area (Å²) in [6, 6.07) is 9.28. The van der Waals surface area contributed by atoms with Gasteiger partial charge >= 0.3 is 0 Å². The Morgan fingerprint density at radius 3 is 2.23 bits per heavy atom. The third kappa shape index (κ3) is 5.04. The van der Waals surface area contributed by atoms with Gasteiger partial charge in [-0.2, -0.15) is 0 Å². The van der Waals surface area contributed by atoms with E-state index in [4.69, 9.17) is 63.7 Å². The van der Waals surface area contributed by atoms with Gasteiger partial charge in [-0.25, -0.2) is 0 Å². The number of hydrazine groups is 1. The maximum atomic E-state index is 12.8. The summed E-state index contributed by atoms with van der Waals surface area (Å²) in [6.45, 7) is 0. The molecule has 1 aliphatic carbocycles. The predicted molar refractivity (Wildman–Crippen MR) is 125 cm³/mol. The van der Waals surface area contributed by atoms with Crippen LogP contribution in [-0.2, 0) is 4.79 Å². The Morgan fingerprint density at radius 2 is 1.63 bits per heavy atom. The molecule has 0 aromatic heterocycles. The number of nitrogens with one attached hydrogen (secondary N) is 3. The van der Waals surface area contributed by atoms with E-state index in [1.165, 1.54) is 18.2 Å². The van der Waals surface area contributed by atoms with E-state index in [2.05, 4.69) is 28.4 Å². The highest BCUT2D eigenvalue weighted by atomic mass is 35.5. The summed E-state index contributed by atoms with van der Waals surface area (Å²) in [5, 5.41) is 3.55. The summed E-state index contributed by atoms with van der Waals surface area (Å²) in [5.41, 5.74) is 10.9. The number of benzene rings is 2. The minimum Gasteiger partial charge on any atom is -0.375 e. The number of nitrogens with two attached hydrogens (primary N) is 1. The number of hydrogen-bond donors (Lipinski definition) is 4. The van der Waals surface area contributed by atoms with Crippen LogP contribution in [0.15, 0.2) is 36.4 Å². The molecule has 2 aromatic rings. The Hall–Kier alpha value is -1.48. The first kappa shape index (κ1) is 23.2. The van der Waals surface area contributed by atoms with Crippen LogP contribution in [0.5, 0.6) is 0 Å². The van der Waals surface area contributed by atoms with Crippen molar-refractivity contribution in [3.8, 4) is 0 Å². The number of thiocarbonyl (C=S) groups is 1. The van der Waals surface area contributed by atoms with Crippen LogP contribution < -0.4 is 21.9 Å². The molecule has 12 heteroatoms. The number of alkyl halides is 2. The summed E-state index contributed by atoms with van der Waals surface area (Å²) in [7, 11) is 0. The molecule has 0 bridgehead atoms. The van der Waals surface area contributed by atoms with Gasteiger partial charge in [0.2, 0.25) is 5.91 Å². The van der Waals surface area contributed by atoms with Gasteiger partial charge in [0.15, 0.2) is 5.11 Å². The molecule has 1 fully saturated rings. The van der Waals surface area contributed by atoms with Crippen LogP contribution in [0.2, 0.25) is 15.1 Å². The van der Waals surface area contributed by atoms with Gasteiger partial charge in [-0.15, -0.1) is 23.2 Å². The molecule has 1 saturated carbocycles. The molecule has 0 spiro atoms. The zero-order valence-electron chi connectivity index (χ0n) is 14.8. The summed E-state index contributed by atoms with van der Waals surface area (Å²) in [5.74, 6) is -2.27. The molecule has 0 aliphatic heterocycles. The molecular weight excluding hydrogens is 514 g/mol. The van der Waals surface area contributed by atoms with E-state index in [9.17, 15) is 9.59 Å². The van der Waals surface area contributed by atoms with Crippen molar-refractivity contribution < 1.29 is 9.59 Å². The minimum atomic E-state index is -1.33. The molecule has 0 radical (unpaired) electrons. The van der Waals surface area contributed by atoms with Crippen molar-refractivity contribution >= 4 is 92.8 Å². The molecule has 1 aliphatic rings. The fourth-order valence-corrected chi connectivity index (χ4v) is 4.63. The highest BCUT2D eigenvalue weighted by Gasteiger charge is 2.67. The van der Waals surface area contributed by atoms with Crippen molar-refractivity contribution in [2.45, 2.75) is 10.3 Å². The van der Waals surface area contributed by atoms with Crippen LogP contribution in [0.1, 0.15) is 21.8 Å². The number of hydrogen-bond acceptors (Lipinski definition) is 3. The van der Waals surface area contributed by atoms with Crippen LogP contribution in [0.25, 0.3) is 0 Å². The zero-order chi connectivity index (χ0) is 22.2. The predicted octanol–water partition coefficient (Wildman–Crippen LogP) is 4.65. The Bertz CT molecular complexity index is 1030. The fraction of sp³-hybridized carbons (Fsp3) is 0.167. The van der Waals surface area contributed by atoms with E-state index in [1.807, 2.05) is 0 Å². The largest absolute Gasteiger partial charge is 0.375 e. The lowest BCUT2D eigenvalue weighted by Crippen LogP contribution is -2.44. The molecule has 2 amide bonds. The molecular formula is C18H13Cl5N4O2S. The quantitative estimate of drug-likeness (QED) is 0.264. The monoisotopic (exact) mass is 524 g/mol. The van der Waals surface area contributed by atoms with Gasteiger partial charge in [0.05, 0.1) is 16.5 Å². The lowest BCUT2D eigenvalue weighted by atomic mass is 10.1. The van der Waals surface area contributed by atoms with Crippen molar-refractivity contribution in [2.24, 2.45) is 11.7 Å². The summed E-state index contributed by atoms with van der Waals surface area (Å²) < 4.78 is -1.33. The minimum absolute atomic E-state index is 0.0928. The van der Waals surface area contributed by atoms with Crippen molar-refractivity contribution in [3.63, 3.8) is 0 Å². The number of halogens is 5. The second-order valence-corrected chi connectivity index (χ2v) is 9.62. The molecule has 6 nitrogen and oxygen atoms in total. The molecule has 2 atom stereocenters. The number of rotatable bonds is 4. The molecule has 30 heavy (non-hydrogen) atoms. The molecule has 158 valence electrons. The molecule has 3 rings (SSSR count). The van der Waals surface area contributed by atoms with Gasteiger partial charge in [-0.05, 0) is 54.2 Å². The Morgan fingerprint density at radius 1 is 1.00 bits per heavy atom. The third-order valence-electron chi connectivity index (χ3n) is 4.36. The first-order valence-corrected chi connectivity index (χ1v) is 10.6. The van der Waals surface area contributed by atoms with E-state index in [0.717, 1.165) is 0 Å². The molecule has 2 unspecified atom stereocenters. The number of carbonyl (C=O) groups is 2. The van der Waals surface area contributed by atoms with Crippen LogP contribution in [0.3, 0.4) is 0 Å². The molecule has 0 saturated heterocycles. The number of amides is 2. The van der Waals surface area contributed by atoms with Gasteiger partial charge in [-0.3, -0.25) is 20.4 Å². The Kier molecular flexibility index (Phi) is 6.91. The van der Waals surface area contributed by atoms with E-state index < -0.39 is 28.0 Å². The standard InChI is InChI=1S/C18H13Cl5N4O2S/c19-8-3-7(4-9(20)5-8)13-14(18(13,22)23)16(29)25-10-1-2-12(21)11(6-10)15(28)26-27-17(24)30/h1-6,13-14H,(H,25,29)(H,26,28)(H3,24,27,30). The average Bonchev–Trinajstić information content (AvgIpc) is 3.22. The van der Waals surface area contributed by atoms with E-state index in [-0.39, 0.29) is 15.7 Å². The maximum Gasteiger partial charge on any atom is 0.271 e. The van der Waals surface area contributed by atoms with Crippen molar-refractivity contribution in [3.05, 3.63) is 62.6 Å². The second kappa shape index (κ2) is 8.94. The Labute approximate surface area is 202 Å². The maximum absolute atomic E-state index is 12.8. The lowest BCUT2D eigenvalue weighted by molar-refractivity contribution is -0.117. The molecule has 2 aromatic carbocycles. The first-order chi connectivity index (χ1) is 14.0. The zero-order valence-corrected chi connectivity index (χ0v) is 19.4. The van der Waals surface area contributed by atoms with Crippen molar-refractivity contribution in [1.29, 1.82) is 0 Å². The van der Waals surface area contributed by atoms with Crippen LogP contribution in [0.4, 0.5) is 5.69 Å². The Balaban J connectivity index is 1.77. The van der Waals surface area contributed by atoms with Crippen LogP contribution in [0, 0.1) is 5.92 Å². The van der Waals surface area contributed by atoms with E-state index in [0.29, 0.717) is 21.3 Å². The molecule has 5 N–H and O–H groups in total. The third-order valence-corrected chi connectivity index (χ3v) is 6.17. The van der Waals surface area contributed by atoms with Gasteiger partial charge in [0, 0.05) is 21.7 Å². The first-order valence-electron chi connectivity index (χ1n) is 8.30. The van der Waals surface area contributed by atoms with Gasteiger partial charge in [0.1, 0.15) is 4.33 Å². The van der Waals surface area contributed by atoms with Gasteiger partial charge < -0.3 is 11.1 Å². The SMILES string of the molecule is NC(=S)NNC(=O)c1cc(NC(=O)C2C(c3cc(Cl)cc(Cl)c3)C2(Cl)Cl)ccc1Cl. The smallest absolute Gasteiger partial charge is 0.271 e. The highest BCUT2D eigenvalue weighted by molar-refractivity contribution is 7.80. The van der Waals surface area contributed by atoms with Gasteiger partial charge in [-0.1, -0.05) is 34.8 Å². The van der Waals surface area contributed by atoms with E-state index >= 15 is 0 Å². The van der Waals surface area contributed by atoms with Crippen LogP contribution in [-0.4, -0.2) is 21.3 Å². The lowest BCUT2D eigenvalue weighted by Gasteiger charge is -2.10. The normalized spacial score (nSPS) is 19.0. The number of anilines is 1. The number of carbonyl (C=O) groups excluding carboxylic acids is 2. The van der Waals surface area contributed by atoms with Crippen LogP contribution >= 0.6 is 70.2 Å². The summed E-state index contributed by atoms with van der Waals surface area (Å²) in [6.07, 6.45) is 0. The van der Waals surface area contributed by atoms with Crippen molar-refractivity contribution in [2.75, 3.05) is 5.32 Å². The second-order valence-electron chi connectivity index (χ2n) is 6.46. The van der Waals surface area contributed by atoms with E-state index in [1.54, 1.807) is 18.2 Å². The van der Waals surface area contributed by atoms with Gasteiger partial charge in [0.25, 0.3) is 5.91 Å². The highest BCUT2D eigenvalue weighted by Crippen LogP contribution is 2.65. The summed E-state index contributed by atoms with van der Waals surface area (Å²) in [4.78, 5) is 25.0. The molecule has 0 heterocycles. The van der Waals surface area contributed by atoms with Crippen molar-refractivity contribution in [1.82, 2.24) is 10.9 Å². The summed E-state index contributed by atoms with van der Waals surface area (Å²) >= 11 is 35.5. The fourth-order valence-electron chi connectivity index (χ4n) is 3.01. The average molecular weight is 527 g/mol. The topological polar surface area (TPSA) is 96.2 Å².